The summed E-state index contributed by atoms with van der Waals surface area (Å²) in [5.41, 5.74) is 0. The summed E-state index contributed by atoms with van der Waals surface area (Å²) in [6, 6.07) is 0. The summed E-state index contributed by atoms with van der Waals surface area (Å²) < 4.78 is 0. The van der Waals surface area contributed by atoms with E-state index < -0.39 is 0 Å². The van der Waals surface area contributed by atoms with E-state index in [1.807, 2.05) is 0 Å². The van der Waals surface area contributed by atoms with Gasteiger partial charge in [-0.15, -0.1) is 0 Å². The van der Waals surface area contributed by atoms with Crippen molar-refractivity contribution in [1.82, 2.24) is 0 Å². The first-order valence-electron chi connectivity index (χ1n) is 32.7. The van der Waals surface area contributed by atoms with Crippen molar-refractivity contribution in [1.29, 1.82) is 0 Å². The first-order chi connectivity index (χ1) is 32.7. The third-order valence-corrected chi connectivity index (χ3v) is 26.9. The molecule has 0 spiro atoms. The zero-order chi connectivity index (χ0) is 48.0. The minimum atomic E-state index is 0.872. The SMILES string of the molecule is CC(C)C1CCC(C2C(C)C3CCC(CC3)C(C)C(C3CCC(C(C)C)CC3)C3C4CCC(CC4)C2C(C2CCC(C(C)C)CC2)C(C)C2CCC(CC2)C(C)C3C2CCC(C(C)C)CC2)CC1. The molecule has 15 aliphatic carbocycles. The molecule has 0 aromatic carbocycles. The molecule has 0 nitrogen and oxygen atoms in total. The highest BCUT2D eigenvalue weighted by Gasteiger charge is 2.55. The summed E-state index contributed by atoms with van der Waals surface area (Å²) in [7, 11) is 0. The topological polar surface area (TPSA) is 0 Å². The molecule has 15 fully saturated rings. The Hall–Kier alpha value is 0. The summed E-state index contributed by atoms with van der Waals surface area (Å²) in [5, 5.41) is 0. The smallest absolute Gasteiger partial charge is 0.0318 e. The first kappa shape index (κ1) is 52.8. The van der Waals surface area contributed by atoms with E-state index in [0.717, 1.165) is 166 Å². The van der Waals surface area contributed by atoms with Crippen LogP contribution in [0.3, 0.4) is 0 Å². The summed E-state index contributed by atoms with van der Waals surface area (Å²) >= 11 is 0. The molecule has 8 unspecified atom stereocenters. The van der Waals surface area contributed by atoms with Gasteiger partial charge in [-0.05, 0) is 345 Å². The highest BCUT2D eigenvalue weighted by molar-refractivity contribution is 5.04. The fraction of sp³-hybridized carbons (Fsp3) is 1.00. The predicted octanol–water partition coefficient (Wildman–Crippen LogP) is 20.5. The standard InChI is InChI=1S/C68H120/c1-41(2)49-13-29-57(30-14-49)63-45(9)53-21-23-55(24-22-53)47(11)65(59-33-17-51(18-34-59)43(5)6)68-62-39-37-61(38-40-62)67(63)64(58-31-15-50(16-32-58)42(3)4)46(10)54-25-27-56(28-26-54)48(12)66(68)60-35-19-52(20-36-60)44(7)8/h41-68H,13-40H2,1-12H3. The molecular weight excluding hydrogens is 817 g/mol. The second-order valence-electron chi connectivity index (χ2n) is 30.6. The quantitative estimate of drug-likeness (QED) is 0.227. The van der Waals surface area contributed by atoms with Gasteiger partial charge >= 0.3 is 0 Å². The van der Waals surface area contributed by atoms with Crippen molar-refractivity contribution in [3.05, 3.63) is 0 Å². The monoisotopic (exact) mass is 937 g/mol. The van der Waals surface area contributed by atoms with Crippen molar-refractivity contribution in [2.24, 2.45) is 166 Å². The van der Waals surface area contributed by atoms with E-state index in [-0.39, 0.29) is 0 Å². The maximum atomic E-state index is 2.96. The van der Waals surface area contributed by atoms with Crippen molar-refractivity contribution >= 4 is 0 Å². The van der Waals surface area contributed by atoms with Gasteiger partial charge in [0.1, 0.15) is 0 Å². The number of rotatable bonds is 8. The van der Waals surface area contributed by atoms with Crippen LogP contribution in [0, 0.1) is 166 Å². The van der Waals surface area contributed by atoms with E-state index in [2.05, 4.69) is 83.1 Å². The lowest BCUT2D eigenvalue weighted by atomic mass is 9.46. The van der Waals surface area contributed by atoms with Crippen LogP contribution in [0.2, 0.25) is 0 Å². The van der Waals surface area contributed by atoms with Crippen LogP contribution in [0.4, 0.5) is 0 Å². The highest BCUT2D eigenvalue weighted by Crippen LogP contribution is 2.63. The van der Waals surface area contributed by atoms with E-state index >= 15 is 0 Å². The molecule has 15 rings (SSSR count). The van der Waals surface area contributed by atoms with Crippen LogP contribution in [0.1, 0.15) is 263 Å². The molecule has 0 radical (unpaired) electrons. The molecule has 392 valence electrons. The Morgan fingerprint density at radius 2 is 0.309 bits per heavy atom. The largest absolute Gasteiger partial charge is 0.0625 e. The molecular formula is C68H120. The van der Waals surface area contributed by atoms with Gasteiger partial charge in [-0.2, -0.15) is 0 Å². The average Bonchev–Trinajstić information content (AvgIpc) is 3.36. The van der Waals surface area contributed by atoms with E-state index in [1.165, 1.54) is 0 Å². The Kier molecular flexibility index (Phi) is 18.1. The van der Waals surface area contributed by atoms with Crippen molar-refractivity contribution in [3.8, 4) is 0 Å². The maximum absolute atomic E-state index is 2.96. The lowest BCUT2D eigenvalue weighted by molar-refractivity contribution is -0.0972. The van der Waals surface area contributed by atoms with Gasteiger partial charge in [-0.1, -0.05) is 83.1 Å². The predicted molar refractivity (Wildman–Crippen MR) is 295 cm³/mol. The Morgan fingerprint density at radius 1 is 0.176 bits per heavy atom. The van der Waals surface area contributed by atoms with Crippen LogP contribution in [0.5, 0.6) is 0 Å². The Balaban J connectivity index is 1.18. The average molecular weight is 938 g/mol. The molecule has 0 aliphatic heterocycles. The van der Waals surface area contributed by atoms with Gasteiger partial charge in [0.15, 0.2) is 0 Å². The van der Waals surface area contributed by atoms with Crippen LogP contribution in [-0.2, 0) is 0 Å². The van der Waals surface area contributed by atoms with Gasteiger partial charge in [0, 0.05) is 0 Å². The van der Waals surface area contributed by atoms with Crippen LogP contribution >= 0.6 is 0 Å². The van der Waals surface area contributed by atoms with Crippen LogP contribution < -0.4 is 0 Å². The molecule has 0 N–H and O–H groups in total. The van der Waals surface area contributed by atoms with Crippen LogP contribution in [0.25, 0.3) is 0 Å². The third-order valence-electron chi connectivity index (χ3n) is 26.9. The fourth-order valence-corrected chi connectivity index (χ4v) is 22.5. The van der Waals surface area contributed by atoms with E-state index in [4.69, 9.17) is 0 Å². The van der Waals surface area contributed by atoms with E-state index in [0.29, 0.717) is 0 Å². The second kappa shape index (κ2) is 23.3. The molecule has 0 heterocycles. The molecule has 15 saturated carbocycles. The van der Waals surface area contributed by atoms with Crippen molar-refractivity contribution < 1.29 is 0 Å². The number of hydrogen-bond donors (Lipinski definition) is 0. The maximum Gasteiger partial charge on any atom is -0.0318 e. The van der Waals surface area contributed by atoms with E-state index in [9.17, 15) is 0 Å². The zero-order valence-electron chi connectivity index (χ0n) is 48.0. The van der Waals surface area contributed by atoms with E-state index in [1.54, 1.807) is 180 Å². The fourth-order valence-electron chi connectivity index (χ4n) is 22.5. The summed E-state index contributed by atoms with van der Waals surface area (Å²) in [5.74, 6) is 26.9. The van der Waals surface area contributed by atoms with Gasteiger partial charge in [0.05, 0.1) is 0 Å². The molecule has 15 aliphatic rings. The van der Waals surface area contributed by atoms with Gasteiger partial charge in [0.2, 0.25) is 0 Å². The molecule has 0 aromatic rings. The third kappa shape index (κ3) is 11.2. The summed E-state index contributed by atoms with van der Waals surface area (Å²) in [6.07, 6.45) is 44.0. The highest BCUT2D eigenvalue weighted by atomic mass is 14.6. The van der Waals surface area contributed by atoms with Gasteiger partial charge < -0.3 is 0 Å². The Bertz CT molecular complexity index is 1250. The molecule has 8 atom stereocenters. The normalized spacial score (nSPS) is 50.1. The molecule has 68 heavy (non-hydrogen) atoms. The van der Waals surface area contributed by atoms with Gasteiger partial charge in [0.25, 0.3) is 0 Å². The minimum absolute atomic E-state index is 0.872. The van der Waals surface area contributed by atoms with Gasteiger partial charge in [-0.25, -0.2) is 0 Å². The van der Waals surface area contributed by atoms with Crippen LogP contribution in [-0.4, -0.2) is 0 Å². The summed E-state index contributed by atoms with van der Waals surface area (Å²) in [4.78, 5) is 0. The first-order valence-corrected chi connectivity index (χ1v) is 32.7. The lowest BCUT2D eigenvalue weighted by Gasteiger charge is -2.59. The Labute approximate surface area is 426 Å². The van der Waals surface area contributed by atoms with Crippen LogP contribution in [0.15, 0.2) is 0 Å². The summed E-state index contributed by atoms with van der Waals surface area (Å²) in [6.45, 7) is 32.4. The van der Waals surface area contributed by atoms with Crippen molar-refractivity contribution in [3.63, 3.8) is 0 Å². The molecule has 8 bridgehead atoms. The van der Waals surface area contributed by atoms with Crippen molar-refractivity contribution in [2.45, 2.75) is 263 Å². The second-order valence-corrected chi connectivity index (χ2v) is 30.6. The molecule has 0 saturated heterocycles. The van der Waals surface area contributed by atoms with Gasteiger partial charge in [-0.3, -0.25) is 0 Å². The molecule has 0 amide bonds. The number of hydrogen-bond acceptors (Lipinski definition) is 0. The van der Waals surface area contributed by atoms with Crippen molar-refractivity contribution in [2.75, 3.05) is 0 Å². The lowest BCUT2D eigenvalue weighted by Crippen LogP contribution is -2.51. The molecule has 0 aromatic heterocycles. The minimum Gasteiger partial charge on any atom is -0.0625 e. The Morgan fingerprint density at radius 3 is 0.471 bits per heavy atom. The molecule has 0 heteroatoms. The zero-order valence-corrected chi connectivity index (χ0v) is 48.0.